The Bertz CT molecular complexity index is 524. The lowest BCUT2D eigenvalue weighted by Crippen LogP contribution is -2.33. The zero-order valence-corrected chi connectivity index (χ0v) is 12.7. The van der Waals surface area contributed by atoms with Crippen LogP contribution in [0.3, 0.4) is 0 Å². The summed E-state index contributed by atoms with van der Waals surface area (Å²) < 4.78 is 14.7. The van der Waals surface area contributed by atoms with Crippen molar-refractivity contribution in [2.75, 3.05) is 12.3 Å². The Balaban J connectivity index is 1.90. The monoisotopic (exact) mass is 293 g/mol. The Morgan fingerprint density at radius 2 is 2.05 bits per heavy atom. The lowest BCUT2D eigenvalue weighted by molar-refractivity contribution is 0.561. The quantitative estimate of drug-likeness (QED) is 0.796. The smallest absolute Gasteiger partial charge is 0.123 e. The summed E-state index contributed by atoms with van der Waals surface area (Å²) in [7, 11) is 1.93. The molecule has 2 aromatic rings. The van der Waals surface area contributed by atoms with Crippen molar-refractivity contribution in [1.82, 2.24) is 15.1 Å². The highest BCUT2D eigenvalue weighted by Gasteiger charge is 2.11. The number of likely N-dealkylation sites (N-methyl/N-ethyl adjacent to an activating group) is 1. The van der Waals surface area contributed by atoms with Crippen molar-refractivity contribution >= 4 is 11.8 Å². The van der Waals surface area contributed by atoms with E-state index in [0.717, 1.165) is 29.3 Å². The second-order valence-electron chi connectivity index (χ2n) is 4.70. The molecule has 1 unspecified atom stereocenters. The van der Waals surface area contributed by atoms with Crippen molar-refractivity contribution in [3.05, 3.63) is 48.0 Å². The molecule has 0 aliphatic rings. The predicted molar refractivity (Wildman–Crippen MR) is 81.5 cm³/mol. The van der Waals surface area contributed by atoms with E-state index >= 15 is 0 Å². The van der Waals surface area contributed by atoms with Crippen LogP contribution in [-0.4, -0.2) is 28.1 Å². The zero-order valence-electron chi connectivity index (χ0n) is 11.8. The molecule has 0 amide bonds. The van der Waals surface area contributed by atoms with Gasteiger partial charge in [0.25, 0.3) is 0 Å². The first kappa shape index (κ1) is 15.1. The van der Waals surface area contributed by atoms with Crippen molar-refractivity contribution in [3.63, 3.8) is 0 Å². The molecule has 0 bridgehead atoms. The van der Waals surface area contributed by atoms with E-state index in [-0.39, 0.29) is 5.82 Å². The van der Waals surface area contributed by atoms with Gasteiger partial charge in [0.05, 0.1) is 5.69 Å². The maximum atomic E-state index is 12.9. The molecule has 1 aromatic carbocycles. The van der Waals surface area contributed by atoms with Gasteiger partial charge in [0.1, 0.15) is 5.82 Å². The molecule has 3 nitrogen and oxygen atoms in total. The summed E-state index contributed by atoms with van der Waals surface area (Å²) in [5.74, 6) is 0.752. The number of benzene rings is 1. The fourth-order valence-corrected chi connectivity index (χ4v) is 2.99. The Morgan fingerprint density at radius 1 is 1.30 bits per heavy atom. The van der Waals surface area contributed by atoms with Crippen molar-refractivity contribution in [2.24, 2.45) is 7.05 Å². The van der Waals surface area contributed by atoms with E-state index in [0.29, 0.717) is 6.04 Å². The molecule has 5 heteroatoms. The number of nitrogens with one attached hydrogen (secondary N) is 1. The molecule has 0 aliphatic carbocycles. The lowest BCUT2D eigenvalue weighted by Gasteiger charge is -2.16. The highest BCUT2D eigenvalue weighted by molar-refractivity contribution is 7.99. The maximum absolute atomic E-state index is 12.9. The van der Waals surface area contributed by atoms with E-state index in [4.69, 9.17) is 0 Å². The van der Waals surface area contributed by atoms with E-state index in [9.17, 15) is 4.39 Å². The highest BCUT2D eigenvalue weighted by atomic mass is 32.2. The Labute approximate surface area is 123 Å². The largest absolute Gasteiger partial charge is 0.313 e. The molecular weight excluding hydrogens is 273 g/mol. The first-order valence-corrected chi connectivity index (χ1v) is 7.76. The third-order valence-corrected chi connectivity index (χ3v) is 4.16. The van der Waals surface area contributed by atoms with Crippen molar-refractivity contribution in [1.29, 1.82) is 0 Å². The molecule has 20 heavy (non-hydrogen) atoms. The number of halogens is 1. The molecule has 0 spiro atoms. The highest BCUT2D eigenvalue weighted by Crippen LogP contribution is 2.20. The van der Waals surface area contributed by atoms with Gasteiger partial charge in [-0.3, -0.25) is 4.68 Å². The van der Waals surface area contributed by atoms with Crippen molar-refractivity contribution in [3.8, 4) is 0 Å². The lowest BCUT2D eigenvalue weighted by atomic mass is 10.2. The van der Waals surface area contributed by atoms with Crippen LogP contribution in [-0.2, 0) is 13.5 Å². The number of thioether (sulfide) groups is 1. The van der Waals surface area contributed by atoms with Crippen LogP contribution in [0.5, 0.6) is 0 Å². The van der Waals surface area contributed by atoms with E-state index in [2.05, 4.69) is 17.3 Å². The summed E-state index contributed by atoms with van der Waals surface area (Å²) >= 11 is 1.74. The molecule has 2 rings (SSSR count). The summed E-state index contributed by atoms with van der Waals surface area (Å²) in [6.07, 6.45) is 2.87. The number of hydrogen-bond acceptors (Lipinski definition) is 3. The van der Waals surface area contributed by atoms with Crippen LogP contribution in [0.2, 0.25) is 0 Å². The molecule has 0 saturated heterocycles. The van der Waals surface area contributed by atoms with Crippen LogP contribution in [0.15, 0.2) is 41.4 Å². The third kappa shape index (κ3) is 4.65. The van der Waals surface area contributed by atoms with Crippen LogP contribution in [0, 0.1) is 5.82 Å². The minimum atomic E-state index is -0.189. The second kappa shape index (κ2) is 7.45. The summed E-state index contributed by atoms with van der Waals surface area (Å²) in [5.41, 5.74) is 1.10. The number of nitrogens with zero attached hydrogens (tertiary/aromatic N) is 2. The van der Waals surface area contributed by atoms with Gasteiger partial charge in [-0.05, 0) is 36.9 Å². The molecular formula is C15H20FN3S. The first-order valence-electron chi connectivity index (χ1n) is 6.77. The van der Waals surface area contributed by atoms with Crippen LogP contribution in [0.4, 0.5) is 4.39 Å². The average molecular weight is 293 g/mol. The Hall–Kier alpha value is -1.33. The molecule has 0 radical (unpaired) electrons. The SMILES string of the molecule is CCNC(CSc1ccc(F)cc1)Cc1ccn(C)n1. The van der Waals surface area contributed by atoms with Gasteiger partial charge in [-0.25, -0.2) is 4.39 Å². The standard InChI is InChI=1S/C15H20FN3S/c1-3-17-14(10-13-8-9-19(2)18-13)11-20-15-6-4-12(16)5-7-15/h4-9,14,17H,3,10-11H2,1-2H3. The van der Waals surface area contributed by atoms with E-state index < -0.39 is 0 Å². The van der Waals surface area contributed by atoms with Gasteiger partial charge in [-0.15, -0.1) is 11.8 Å². The van der Waals surface area contributed by atoms with Crippen LogP contribution >= 0.6 is 11.8 Å². The molecule has 0 saturated carbocycles. The number of hydrogen-bond donors (Lipinski definition) is 1. The van der Waals surface area contributed by atoms with Crippen LogP contribution in [0.25, 0.3) is 0 Å². The number of rotatable bonds is 7. The molecule has 0 fully saturated rings. The van der Waals surface area contributed by atoms with Gasteiger partial charge in [-0.1, -0.05) is 6.92 Å². The van der Waals surface area contributed by atoms with Crippen LogP contribution in [0.1, 0.15) is 12.6 Å². The van der Waals surface area contributed by atoms with Gasteiger partial charge >= 0.3 is 0 Å². The Kier molecular flexibility index (Phi) is 5.61. The molecule has 1 atom stereocenters. The van der Waals surface area contributed by atoms with E-state index in [1.165, 1.54) is 12.1 Å². The van der Waals surface area contributed by atoms with Crippen molar-refractivity contribution in [2.45, 2.75) is 24.3 Å². The fraction of sp³-hybridized carbons (Fsp3) is 0.400. The van der Waals surface area contributed by atoms with Gasteiger partial charge in [0.15, 0.2) is 0 Å². The number of aryl methyl sites for hydroxylation is 1. The summed E-state index contributed by atoms with van der Waals surface area (Å²) in [4.78, 5) is 1.09. The first-order chi connectivity index (χ1) is 9.67. The summed E-state index contributed by atoms with van der Waals surface area (Å²) in [5, 5.41) is 7.89. The minimum Gasteiger partial charge on any atom is -0.313 e. The number of aromatic nitrogens is 2. The predicted octanol–water partition coefficient (Wildman–Crippen LogP) is 2.87. The topological polar surface area (TPSA) is 29.9 Å². The zero-order chi connectivity index (χ0) is 14.4. The molecule has 1 N–H and O–H groups in total. The van der Waals surface area contributed by atoms with E-state index in [1.54, 1.807) is 11.8 Å². The molecule has 0 aliphatic heterocycles. The van der Waals surface area contributed by atoms with Gasteiger partial charge < -0.3 is 5.32 Å². The maximum Gasteiger partial charge on any atom is 0.123 e. The van der Waals surface area contributed by atoms with Crippen molar-refractivity contribution < 1.29 is 4.39 Å². The third-order valence-electron chi connectivity index (χ3n) is 2.98. The minimum absolute atomic E-state index is 0.189. The molecule has 108 valence electrons. The van der Waals surface area contributed by atoms with Gasteiger partial charge in [0, 0.05) is 36.4 Å². The fourth-order valence-electron chi connectivity index (χ4n) is 2.03. The molecule has 1 heterocycles. The Morgan fingerprint density at radius 3 is 2.65 bits per heavy atom. The molecule has 1 aromatic heterocycles. The van der Waals surface area contributed by atoms with Crippen LogP contribution < -0.4 is 5.32 Å². The van der Waals surface area contributed by atoms with Gasteiger partial charge in [0.2, 0.25) is 0 Å². The normalized spacial score (nSPS) is 12.6. The van der Waals surface area contributed by atoms with Gasteiger partial charge in [-0.2, -0.15) is 5.10 Å². The second-order valence-corrected chi connectivity index (χ2v) is 5.80. The summed E-state index contributed by atoms with van der Waals surface area (Å²) in [6, 6.07) is 9.07. The summed E-state index contributed by atoms with van der Waals surface area (Å²) in [6.45, 7) is 3.04. The van der Waals surface area contributed by atoms with E-state index in [1.807, 2.05) is 36.1 Å². The average Bonchev–Trinajstić information content (AvgIpc) is 2.83.